The zero-order valence-electron chi connectivity index (χ0n) is 14.3. The summed E-state index contributed by atoms with van der Waals surface area (Å²) in [7, 11) is -1.11. The molecule has 0 fully saturated rings. The Bertz CT molecular complexity index is 809. The summed E-state index contributed by atoms with van der Waals surface area (Å²) < 4.78 is 22.1. The van der Waals surface area contributed by atoms with E-state index in [1.165, 1.54) is 12.1 Å². The first kappa shape index (κ1) is 18.1. The molecule has 1 aliphatic rings. The second kappa shape index (κ2) is 8.14. The van der Waals surface area contributed by atoms with Crippen molar-refractivity contribution in [1.82, 2.24) is 5.32 Å². The Balaban J connectivity index is 1.41. The fraction of sp³-hybridized carbons (Fsp3) is 0.263. The highest BCUT2D eigenvalue weighted by molar-refractivity contribution is 7.84. The number of ether oxygens (including phenoxy) is 2. The predicted molar refractivity (Wildman–Crippen MR) is 96.6 cm³/mol. The SMILES string of the molecule is C[S@@](=O)c1ccc(C(=O)OCC(=O)NC[C@H]2Cc3ccccc3O2)cc1. The molecule has 0 spiro atoms. The van der Waals surface area contributed by atoms with Gasteiger partial charge in [0.2, 0.25) is 0 Å². The molecule has 1 amide bonds. The van der Waals surface area contributed by atoms with E-state index in [1.807, 2.05) is 24.3 Å². The highest BCUT2D eigenvalue weighted by Crippen LogP contribution is 2.27. The van der Waals surface area contributed by atoms with Crippen molar-refractivity contribution in [2.75, 3.05) is 19.4 Å². The molecule has 0 aliphatic carbocycles. The summed E-state index contributed by atoms with van der Waals surface area (Å²) in [5.74, 6) is -0.142. The third kappa shape index (κ3) is 4.49. The minimum atomic E-state index is -1.11. The molecule has 0 aromatic heterocycles. The van der Waals surface area contributed by atoms with Gasteiger partial charge in [-0.05, 0) is 35.9 Å². The van der Waals surface area contributed by atoms with Crippen LogP contribution in [0.1, 0.15) is 15.9 Å². The van der Waals surface area contributed by atoms with Gasteiger partial charge in [-0.2, -0.15) is 0 Å². The van der Waals surface area contributed by atoms with Gasteiger partial charge in [0, 0.05) is 28.4 Å². The van der Waals surface area contributed by atoms with E-state index in [0.29, 0.717) is 17.0 Å². The summed E-state index contributed by atoms with van der Waals surface area (Å²) in [6.07, 6.45) is 2.18. The van der Waals surface area contributed by atoms with E-state index in [0.717, 1.165) is 17.7 Å². The van der Waals surface area contributed by atoms with Gasteiger partial charge in [0.15, 0.2) is 6.61 Å². The minimum Gasteiger partial charge on any atom is -0.488 e. The summed E-state index contributed by atoms with van der Waals surface area (Å²) in [5.41, 5.74) is 1.43. The van der Waals surface area contributed by atoms with Crippen LogP contribution in [0.5, 0.6) is 5.75 Å². The third-order valence-corrected chi connectivity index (χ3v) is 4.93. The number of benzene rings is 2. The molecule has 1 N–H and O–H groups in total. The number of rotatable bonds is 6. The molecule has 2 aromatic carbocycles. The summed E-state index contributed by atoms with van der Waals surface area (Å²) >= 11 is 0. The van der Waals surface area contributed by atoms with Gasteiger partial charge in [-0.15, -0.1) is 0 Å². The molecule has 7 heteroatoms. The Morgan fingerprint density at radius 3 is 2.62 bits per heavy atom. The molecule has 3 rings (SSSR count). The monoisotopic (exact) mass is 373 g/mol. The molecule has 0 bridgehead atoms. The Kier molecular flexibility index (Phi) is 5.68. The van der Waals surface area contributed by atoms with E-state index in [2.05, 4.69) is 5.32 Å². The van der Waals surface area contributed by atoms with E-state index in [-0.39, 0.29) is 18.6 Å². The maximum absolute atomic E-state index is 11.9. The van der Waals surface area contributed by atoms with Gasteiger partial charge in [-0.3, -0.25) is 9.00 Å². The smallest absolute Gasteiger partial charge is 0.338 e. The standard InChI is InChI=1S/C19H19NO5S/c1-26(23)16-8-6-13(7-9-16)19(22)24-12-18(21)20-11-15-10-14-4-2-3-5-17(14)25-15/h2-9,15H,10-12H2,1H3,(H,20,21)/t15-,26-/m1/s1. The maximum Gasteiger partial charge on any atom is 0.338 e. The summed E-state index contributed by atoms with van der Waals surface area (Å²) in [4.78, 5) is 24.4. The lowest BCUT2D eigenvalue weighted by Crippen LogP contribution is -2.36. The predicted octanol–water partition coefficient (Wildman–Crippen LogP) is 1.70. The maximum atomic E-state index is 11.9. The summed E-state index contributed by atoms with van der Waals surface area (Å²) in [5, 5.41) is 2.71. The molecule has 1 heterocycles. The minimum absolute atomic E-state index is 0.116. The molecule has 1 aliphatic heterocycles. The number of fused-ring (bicyclic) bond motifs is 1. The summed E-state index contributed by atoms with van der Waals surface area (Å²) in [6.45, 7) is -0.0119. The summed E-state index contributed by atoms with van der Waals surface area (Å²) in [6, 6.07) is 14.0. The molecular weight excluding hydrogens is 354 g/mol. The zero-order valence-corrected chi connectivity index (χ0v) is 15.1. The number of para-hydroxylation sites is 1. The van der Waals surface area contributed by atoms with E-state index < -0.39 is 16.8 Å². The topological polar surface area (TPSA) is 81.7 Å². The Morgan fingerprint density at radius 2 is 1.92 bits per heavy atom. The van der Waals surface area contributed by atoms with Gasteiger partial charge >= 0.3 is 5.97 Å². The van der Waals surface area contributed by atoms with Crippen LogP contribution >= 0.6 is 0 Å². The highest BCUT2D eigenvalue weighted by Gasteiger charge is 2.22. The van der Waals surface area contributed by atoms with Crippen LogP contribution in [0.25, 0.3) is 0 Å². The fourth-order valence-electron chi connectivity index (χ4n) is 2.64. The van der Waals surface area contributed by atoms with E-state index in [4.69, 9.17) is 9.47 Å². The second-order valence-corrected chi connectivity index (χ2v) is 7.29. The molecule has 0 saturated heterocycles. The number of carbonyl (C=O) groups excluding carboxylic acids is 2. The van der Waals surface area contributed by atoms with Crippen molar-refractivity contribution in [3.63, 3.8) is 0 Å². The van der Waals surface area contributed by atoms with Crippen LogP contribution in [0.3, 0.4) is 0 Å². The normalized spacial score (nSPS) is 16.3. The van der Waals surface area contributed by atoms with Crippen molar-refractivity contribution in [1.29, 1.82) is 0 Å². The molecule has 6 nitrogen and oxygen atoms in total. The van der Waals surface area contributed by atoms with Crippen LogP contribution in [0.4, 0.5) is 0 Å². The van der Waals surface area contributed by atoms with E-state index in [1.54, 1.807) is 18.4 Å². The Labute approximate surface area is 154 Å². The first-order valence-corrected chi connectivity index (χ1v) is 9.70. The van der Waals surface area contributed by atoms with Crippen LogP contribution in [0, 0.1) is 0 Å². The molecule has 0 radical (unpaired) electrons. The van der Waals surface area contributed by atoms with Crippen molar-refractivity contribution in [2.45, 2.75) is 17.4 Å². The van der Waals surface area contributed by atoms with Crippen molar-refractivity contribution >= 4 is 22.7 Å². The van der Waals surface area contributed by atoms with Crippen molar-refractivity contribution in [2.24, 2.45) is 0 Å². The number of hydrogen-bond acceptors (Lipinski definition) is 5. The number of amides is 1. The van der Waals surface area contributed by atoms with E-state index >= 15 is 0 Å². The molecule has 0 saturated carbocycles. The van der Waals surface area contributed by atoms with Crippen LogP contribution in [-0.2, 0) is 26.8 Å². The van der Waals surface area contributed by atoms with Crippen LogP contribution < -0.4 is 10.1 Å². The molecular formula is C19H19NO5S. The average Bonchev–Trinajstić information content (AvgIpc) is 3.07. The zero-order chi connectivity index (χ0) is 18.5. The second-order valence-electron chi connectivity index (χ2n) is 5.91. The lowest BCUT2D eigenvalue weighted by Gasteiger charge is -2.12. The lowest BCUT2D eigenvalue weighted by molar-refractivity contribution is -0.124. The highest BCUT2D eigenvalue weighted by atomic mass is 32.2. The van der Waals surface area contributed by atoms with Crippen LogP contribution in [0.15, 0.2) is 53.4 Å². The lowest BCUT2D eigenvalue weighted by atomic mass is 10.1. The van der Waals surface area contributed by atoms with Crippen molar-refractivity contribution in [3.05, 3.63) is 59.7 Å². The quantitative estimate of drug-likeness (QED) is 0.780. The van der Waals surface area contributed by atoms with Gasteiger partial charge in [-0.1, -0.05) is 18.2 Å². The Morgan fingerprint density at radius 1 is 1.19 bits per heavy atom. The fourth-order valence-corrected chi connectivity index (χ4v) is 3.16. The average molecular weight is 373 g/mol. The largest absolute Gasteiger partial charge is 0.488 e. The molecule has 0 unspecified atom stereocenters. The first-order chi connectivity index (χ1) is 12.5. The van der Waals surface area contributed by atoms with Crippen molar-refractivity contribution < 1.29 is 23.3 Å². The van der Waals surface area contributed by atoms with Gasteiger partial charge < -0.3 is 14.8 Å². The molecule has 2 atom stereocenters. The molecule has 26 heavy (non-hydrogen) atoms. The van der Waals surface area contributed by atoms with E-state index in [9.17, 15) is 13.8 Å². The van der Waals surface area contributed by atoms with Crippen molar-refractivity contribution in [3.8, 4) is 5.75 Å². The Hall–Kier alpha value is -2.67. The van der Waals surface area contributed by atoms with Crippen LogP contribution in [-0.4, -0.2) is 41.6 Å². The van der Waals surface area contributed by atoms with Gasteiger partial charge in [0.25, 0.3) is 5.91 Å². The molecule has 136 valence electrons. The van der Waals surface area contributed by atoms with Crippen LogP contribution in [0.2, 0.25) is 0 Å². The van der Waals surface area contributed by atoms with Gasteiger partial charge in [0.1, 0.15) is 11.9 Å². The first-order valence-electron chi connectivity index (χ1n) is 8.15. The van der Waals surface area contributed by atoms with Gasteiger partial charge in [0.05, 0.1) is 12.1 Å². The number of nitrogens with one attached hydrogen (secondary N) is 1. The number of hydrogen-bond donors (Lipinski definition) is 1. The molecule has 2 aromatic rings. The number of carbonyl (C=O) groups is 2. The van der Waals surface area contributed by atoms with Gasteiger partial charge in [-0.25, -0.2) is 4.79 Å². The number of esters is 1. The third-order valence-electron chi connectivity index (χ3n) is 4.00.